The first-order chi connectivity index (χ1) is 11.0. The predicted octanol–water partition coefficient (Wildman–Crippen LogP) is 1.28. The number of hydrogen-bond donors (Lipinski definition) is 2. The first-order valence-electron chi connectivity index (χ1n) is 7.82. The summed E-state index contributed by atoms with van der Waals surface area (Å²) in [6, 6.07) is 9.18. The van der Waals surface area contributed by atoms with Crippen molar-refractivity contribution in [2.24, 2.45) is 17.8 Å². The van der Waals surface area contributed by atoms with Crippen LogP contribution in [-0.4, -0.2) is 40.6 Å². The van der Waals surface area contributed by atoms with Crippen LogP contribution in [0.1, 0.15) is 25.0 Å². The molecule has 1 heterocycles. The zero-order valence-corrected chi connectivity index (χ0v) is 13.3. The summed E-state index contributed by atoms with van der Waals surface area (Å²) in [4.78, 5) is 25.8. The molecule has 2 aliphatic rings. The van der Waals surface area contributed by atoms with E-state index < -0.39 is 23.9 Å². The van der Waals surface area contributed by atoms with Crippen LogP contribution in [0.5, 0.6) is 0 Å². The van der Waals surface area contributed by atoms with E-state index in [0.29, 0.717) is 12.0 Å². The van der Waals surface area contributed by atoms with E-state index in [0.717, 1.165) is 16.0 Å². The molecule has 0 bridgehead atoms. The van der Waals surface area contributed by atoms with E-state index in [2.05, 4.69) is 0 Å². The van der Waals surface area contributed by atoms with Gasteiger partial charge in [0.05, 0.1) is 18.4 Å². The Morgan fingerprint density at radius 2 is 1.87 bits per heavy atom. The number of benzene rings is 1. The van der Waals surface area contributed by atoms with Gasteiger partial charge in [-0.15, -0.1) is 0 Å². The van der Waals surface area contributed by atoms with E-state index in [-0.39, 0.29) is 18.4 Å². The molecule has 0 aromatic heterocycles. The molecule has 4 atom stereocenters. The largest absolute Gasteiger partial charge is 0.396 e. The van der Waals surface area contributed by atoms with Gasteiger partial charge in [-0.1, -0.05) is 35.9 Å². The van der Waals surface area contributed by atoms with Gasteiger partial charge in [-0.2, -0.15) is 0 Å². The topological polar surface area (TPSA) is 77.8 Å². The molecule has 2 N–H and O–H groups in total. The van der Waals surface area contributed by atoms with Gasteiger partial charge >= 0.3 is 0 Å². The molecule has 3 rings (SSSR count). The van der Waals surface area contributed by atoms with Crippen molar-refractivity contribution in [1.29, 1.82) is 0 Å². The second kappa shape index (κ2) is 5.91. The number of amides is 2. The van der Waals surface area contributed by atoms with Gasteiger partial charge in [-0.05, 0) is 24.5 Å². The minimum absolute atomic E-state index is 0.189. The molecule has 0 unspecified atom stereocenters. The maximum absolute atomic E-state index is 12.4. The summed E-state index contributed by atoms with van der Waals surface area (Å²) in [5, 5.41) is 20.7. The van der Waals surface area contributed by atoms with Crippen LogP contribution in [0.25, 0.3) is 0 Å². The van der Waals surface area contributed by atoms with E-state index >= 15 is 0 Å². The summed E-state index contributed by atoms with van der Waals surface area (Å²) in [7, 11) is 1.49. The highest BCUT2D eigenvalue weighted by Crippen LogP contribution is 2.47. The average Bonchev–Trinajstić information content (AvgIpc) is 2.78. The third-order valence-corrected chi connectivity index (χ3v) is 5.16. The Kier molecular flexibility index (Phi) is 4.08. The number of carbonyl (C=O) groups is 2. The lowest BCUT2D eigenvalue weighted by molar-refractivity contribution is -0.138. The molecule has 2 amide bonds. The lowest BCUT2D eigenvalue weighted by Crippen LogP contribution is -2.36. The lowest BCUT2D eigenvalue weighted by Gasteiger charge is -2.35. The fraction of sp³-hybridized carbons (Fsp3) is 0.444. The Morgan fingerprint density at radius 1 is 1.22 bits per heavy atom. The van der Waals surface area contributed by atoms with Crippen LogP contribution in [0.3, 0.4) is 0 Å². The molecule has 5 nitrogen and oxygen atoms in total. The molecule has 1 aliphatic carbocycles. The molecule has 0 saturated carbocycles. The Hall–Kier alpha value is -1.98. The number of hydrogen-bond acceptors (Lipinski definition) is 4. The molecule has 0 spiro atoms. The van der Waals surface area contributed by atoms with E-state index in [1.165, 1.54) is 7.05 Å². The Bertz CT molecular complexity index is 667. The molecule has 1 aromatic carbocycles. The number of imide groups is 1. The summed E-state index contributed by atoms with van der Waals surface area (Å²) in [6.45, 7) is 1.61. The van der Waals surface area contributed by atoms with Crippen molar-refractivity contribution in [2.45, 2.75) is 19.4 Å². The maximum atomic E-state index is 12.4. The van der Waals surface area contributed by atoms with Crippen molar-refractivity contribution in [1.82, 2.24) is 4.90 Å². The minimum atomic E-state index is -0.872. The predicted molar refractivity (Wildman–Crippen MR) is 84.1 cm³/mol. The van der Waals surface area contributed by atoms with Crippen LogP contribution >= 0.6 is 0 Å². The Morgan fingerprint density at radius 3 is 2.48 bits per heavy atom. The number of carbonyl (C=O) groups excluding carboxylic acids is 2. The van der Waals surface area contributed by atoms with Gasteiger partial charge in [-0.25, -0.2) is 0 Å². The third-order valence-electron chi connectivity index (χ3n) is 5.16. The first kappa shape index (κ1) is 15.9. The number of rotatable bonds is 3. The zero-order valence-electron chi connectivity index (χ0n) is 13.3. The molecule has 1 aromatic rings. The molecular weight excluding hydrogens is 294 g/mol. The number of nitrogens with zero attached hydrogens (tertiary/aromatic N) is 1. The smallest absolute Gasteiger partial charge is 0.233 e. The highest BCUT2D eigenvalue weighted by atomic mass is 16.3. The monoisotopic (exact) mass is 315 g/mol. The van der Waals surface area contributed by atoms with Crippen LogP contribution in [0.15, 0.2) is 41.5 Å². The highest BCUT2D eigenvalue weighted by molar-refractivity contribution is 6.05. The van der Waals surface area contributed by atoms with Gasteiger partial charge < -0.3 is 10.2 Å². The quantitative estimate of drug-likeness (QED) is 0.651. The second-order valence-electron chi connectivity index (χ2n) is 6.41. The molecular formula is C18H21NO4. The third kappa shape index (κ3) is 2.40. The van der Waals surface area contributed by atoms with E-state index in [1.54, 1.807) is 0 Å². The van der Waals surface area contributed by atoms with Gasteiger partial charge in [0, 0.05) is 13.0 Å². The van der Waals surface area contributed by atoms with Crippen molar-refractivity contribution >= 4 is 11.8 Å². The fourth-order valence-electron chi connectivity index (χ4n) is 3.99. The normalized spacial score (nSPS) is 29.0. The van der Waals surface area contributed by atoms with E-state index in [1.807, 2.05) is 37.3 Å². The zero-order chi connectivity index (χ0) is 16.7. The SMILES string of the molecule is CC1=C([C@H](O)c2ccccc2)[C@H](CO)[C@@H]2C(=O)N(C)C(=O)[C@@H]2C1. The second-order valence-corrected chi connectivity index (χ2v) is 6.41. The number of aliphatic hydroxyl groups excluding tert-OH is 2. The van der Waals surface area contributed by atoms with Gasteiger partial charge in [0.2, 0.25) is 11.8 Å². The van der Waals surface area contributed by atoms with Crippen molar-refractivity contribution < 1.29 is 19.8 Å². The van der Waals surface area contributed by atoms with E-state index in [9.17, 15) is 19.8 Å². The van der Waals surface area contributed by atoms with Crippen molar-refractivity contribution in [3.63, 3.8) is 0 Å². The molecule has 1 aliphatic heterocycles. The van der Waals surface area contributed by atoms with Gasteiger partial charge in [-0.3, -0.25) is 14.5 Å². The van der Waals surface area contributed by atoms with Crippen molar-refractivity contribution in [3.8, 4) is 0 Å². The Labute approximate surface area is 135 Å². The summed E-state index contributed by atoms with van der Waals surface area (Å²) in [6.07, 6.45) is -0.418. The van der Waals surface area contributed by atoms with Gasteiger partial charge in [0.15, 0.2) is 0 Å². The summed E-state index contributed by atoms with van der Waals surface area (Å²) >= 11 is 0. The van der Waals surface area contributed by atoms with Crippen molar-refractivity contribution in [2.75, 3.05) is 13.7 Å². The first-order valence-corrected chi connectivity index (χ1v) is 7.82. The van der Waals surface area contributed by atoms with Crippen molar-refractivity contribution in [3.05, 3.63) is 47.0 Å². The molecule has 5 heteroatoms. The number of allylic oxidation sites excluding steroid dienone is 1. The molecule has 0 radical (unpaired) electrons. The van der Waals surface area contributed by atoms with Gasteiger partial charge in [0.1, 0.15) is 6.10 Å². The summed E-state index contributed by atoms with van der Waals surface area (Å²) in [5.74, 6) is -1.97. The number of aliphatic hydroxyl groups is 2. The maximum Gasteiger partial charge on any atom is 0.233 e. The fourth-order valence-corrected chi connectivity index (χ4v) is 3.99. The Balaban J connectivity index is 2.03. The van der Waals surface area contributed by atoms with Crippen LogP contribution in [0, 0.1) is 17.8 Å². The minimum Gasteiger partial charge on any atom is -0.396 e. The van der Waals surface area contributed by atoms with Gasteiger partial charge in [0.25, 0.3) is 0 Å². The molecule has 23 heavy (non-hydrogen) atoms. The van der Waals surface area contributed by atoms with Crippen LogP contribution in [0.2, 0.25) is 0 Å². The molecule has 1 saturated heterocycles. The summed E-state index contributed by atoms with van der Waals surface area (Å²) < 4.78 is 0. The van der Waals surface area contributed by atoms with Crippen LogP contribution in [0.4, 0.5) is 0 Å². The van der Waals surface area contributed by atoms with Crippen LogP contribution in [-0.2, 0) is 9.59 Å². The van der Waals surface area contributed by atoms with E-state index in [4.69, 9.17) is 0 Å². The number of fused-ring (bicyclic) bond motifs is 1. The molecule has 1 fully saturated rings. The summed E-state index contributed by atoms with van der Waals surface area (Å²) in [5.41, 5.74) is 2.29. The average molecular weight is 315 g/mol. The lowest BCUT2D eigenvalue weighted by atomic mass is 9.68. The number of likely N-dealkylation sites (tertiary alicyclic amines) is 1. The standard InChI is InChI=1S/C18H21NO4/c1-10-8-12-15(18(23)19(2)17(12)22)13(9-20)14(10)16(21)11-6-4-3-5-7-11/h3-7,12-13,15-16,20-21H,8-9H2,1-2H3/t12-,13+,15-,16-/m1/s1. The van der Waals surface area contributed by atoms with Crippen LogP contribution < -0.4 is 0 Å². The highest BCUT2D eigenvalue weighted by Gasteiger charge is 2.53. The molecule has 122 valence electrons.